The van der Waals surface area contributed by atoms with Crippen molar-refractivity contribution in [3.05, 3.63) is 28.2 Å². The fraction of sp³-hybridized carbons (Fsp3) is 0.500. The van der Waals surface area contributed by atoms with Gasteiger partial charge in [0.1, 0.15) is 6.04 Å². The Balaban J connectivity index is 2.50. The lowest BCUT2D eigenvalue weighted by atomic mass is 10.2. The molecule has 4 heteroatoms. The van der Waals surface area contributed by atoms with Gasteiger partial charge < -0.3 is 10.6 Å². The van der Waals surface area contributed by atoms with Crippen LogP contribution in [0, 0.1) is 6.92 Å². The Labute approximate surface area is 117 Å². The molecule has 18 heavy (non-hydrogen) atoms. The molecule has 0 saturated heterocycles. The number of rotatable bonds is 6. The molecule has 2 N–H and O–H groups in total. The Hall–Kier alpha value is -1.03. The number of hydrogen-bond acceptors (Lipinski definition) is 2. The van der Waals surface area contributed by atoms with E-state index in [4.69, 9.17) is 0 Å². The number of amides is 1. The first kappa shape index (κ1) is 15.0. The van der Waals surface area contributed by atoms with Gasteiger partial charge in [-0.25, -0.2) is 0 Å². The topological polar surface area (TPSA) is 41.1 Å². The van der Waals surface area contributed by atoms with E-state index in [-0.39, 0.29) is 11.9 Å². The van der Waals surface area contributed by atoms with E-state index < -0.39 is 0 Å². The van der Waals surface area contributed by atoms with E-state index in [1.54, 1.807) is 0 Å². The van der Waals surface area contributed by atoms with Gasteiger partial charge in [0.05, 0.1) is 0 Å². The van der Waals surface area contributed by atoms with Gasteiger partial charge in [0.2, 0.25) is 5.91 Å². The van der Waals surface area contributed by atoms with Crippen molar-refractivity contribution in [2.75, 3.05) is 11.9 Å². The molecule has 0 fully saturated rings. The molecule has 1 aromatic carbocycles. The Bertz CT molecular complexity index is 407. The smallest absolute Gasteiger partial charge is 0.242 e. The summed E-state index contributed by atoms with van der Waals surface area (Å²) in [5.41, 5.74) is 2.12. The molecule has 0 saturated carbocycles. The minimum Gasteiger partial charge on any atom is -0.374 e. The number of hydrogen-bond donors (Lipinski definition) is 2. The highest BCUT2D eigenvalue weighted by atomic mass is 79.9. The third kappa shape index (κ3) is 4.69. The Morgan fingerprint density at radius 1 is 1.44 bits per heavy atom. The summed E-state index contributed by atoms with van der Waals surface area (Å²) >= 11 is 3.46. The van der Waals surface area contributed by atoms with Crippen LogP contribution >= 0.6 is 15.9 Å². The van der Waals surface area contributed by atoms with E-state index in [2.05, 4.69) is 33.5 Å². The van der Waals surface area contributed by atoms with Crippen LogP contribution in [0.5, 0.6) is 0 Å². The summed E-state index contributed by atoms with van der Waals surface area (Å²) < 4.78 is 1.08. The molecule has 3 nitrogen and oxygen atoms in total. The number of nitrogens with one attached hydrogen (secondary N) is 2. The zero-order valence-electron chi connectivity index (χ0n) is 11.2. The van der Waals surface area contributed by atoms with Crippen LogP contribution in [0.25, 0.3) is 0 Å². The highest BCUT2D eigenvalue weighted by molar-refractivity contribution is 9.10. The fourth-order valence-corrected chi connectivity index (χ4v) is 1.84. The standard InChI is InChI=1S/C14H21BrN2O/c1-4-5-8-16-14(18)11(3)17-12-6-7-13(15)10(2)9-12/h6-7,9,11,17H,4-5,8H2,1-3H3,(H,16,18). The van der Waals surface area contributed by atoms with Crippen molar-refractivity contribution >= 4 is 27.5 Å². The number of carbonyl (C=O) groups excluding carboxylic acids is 1. The van der Waals surface area contributed by atoms with Crippen molar-refractivity contribution in [3.8, 4) is 0 Å². The van der Waals surface area contributed by atoms with E-state index >= 15 is 0 Å². The fourth-order valence-electron chi connectivity index (χ4n) is 1.59. The summed E-state index contributed by atoms with van der Waals surface area (Å²) in [6.07, 6.45) is 2.11. The molecular weight excluding hydrogens is 292 g/mol. The van der Waals surface area contributed by atoms with E-state index in [0.29, 0.717) is 0 Å². The minimum absolute atomic E-state index is 0.0454. The second-order valence-corrected chi connectivity index (χ2v) is 5.33. The molecule has 100 valence electrons. The Morgan fingerprint density at radius 3 is 2.78 bits per heavy atom. The number of aryl methyl sites for hydroxylation is 1. The quantitative estimate of drug-likeness (QED) is 0.790. The van der Waals surface area contributed by atoms with Crippen LogP contribution in [-0.4, -0.2) is 18.5 Å². The zero-order valence-corrected chi connectivity index (χ0v) is 12.8. The van der Waals surface area contributed by atoms with Gasteiger partial charge in [0, 0.05) is 16.7 Å². The van der Waals surface area contributed by atoms with Crippen LogP contribution in [0.2, 0.25) is 0 Å². The molecule has 0 bridgehead atoms. The summed E-state index contributed by atoms with van der Waals surface area (Å²) in [5.74, 6) is 0.0454. The molecule has 1 amide bonds. The van der Waals surface area contributed by atoms with Gasteiger partial charge in [-0.2, -0.15) is 0 Å². The van der Waals surface area contributed by atoms with Crippen molar-refractivity contribution in [1.29, 1.82) is 0 Å². The summed E-state index contributed by atoms with van der Waals surface area (Å²) in [6.45, 7) is 6.76. The van der Waals surface area contributed by atoms with Crippen LogP contribution in [0.4, 0.5) is 5.69 Å². The second-order valence-electron chi connectivity index (χ2n) is 4.47. The molecule has 0 heterocycles. The third-order valence-corrected chi connectivity index (χ3v) is 3.65. The predicted molar refractivity (Wildman–Crippen MR) is 79.9 cm³/mol. The molecule has 1 unspecified atom stereocenters. The van der Waals surface area contributed by atoms with E-state index in [9.17, 15) is 4.79 Å². The monoisotopic (exact) mass is 312 g/mol. The molecule has 0 aliphatic carbocycles. The lowest BCUT2D eigenvalue weighted by Crippen LogP contribution is -2.37. The van der Waals surface area contributed by atoms with Gasteiger partial charge in [0.25, 0.3) is 0 Å². The molecule has 1 atom stereocenters. The average Bonchev–Trinajstić information content (AvgIpc) is 2.34. The lowest BCUT2D eigenvalue weighted by Gasteiger charge is -2.15. The molecular formula is C14H21BrN2O. The molecule has 0 aliphatic rings. The maximum Gasteiger partial charge on any atom is 0.242 e. The van der Waals surface area contributed by atoms with Crippen molar-refractivity contribution < 1.29 is 4.79 Å². The van der Waals surface area contributed by atoms with E-state index in [1.165, 1.54) is 0 Å². The van der Waals surface area contributed by atoms with Gasteiger partial charge in [-0.3, -0.25) is 4.79 Å². The van der Waals surface area contributed by atoms with Crippen LogP contribution in [0.15, 0.2) is 22.7 Å². The Kier molecular flexibility index (Phi) is 6.19. The number of anilines is 1. The summed E-state index contributed by atoms with van der Waals surface area (Å²) in [7, 11) is 0. The van der Waals surface area contributed by atoms with Gasteiger partial charge in [0.15, 0.2) is 0 Å². The summed E-state index contributed by atoms with van der Waals surface area (Å²) in [5, 5.41) is 6.12. The van der Waals surface area contributed by atoms with Crippen molar-refractivity contribution in [2.24, 2.45) is 0 Å². The van der Waals surface area contributed by atoms with Crippen molar-refractivity contribution in [2.45, 2.75) is 39.7 Å². The normalized spacial score (nSPS) is 12.0. The van der Waals surface area contributed by atoms with Gasteiger partial charge in [-0.05, 0) is 44.0 Å². The number of unbranched alkanes of at least 4 members (excludes halogenated alkanes) is 1. The van der Waals surface area contributed by atoms with Crippen LogP contribution < -0.4 is 10.6 Å². The number of benzene rings is 1. The Morgan fingerprint density at radius 2 is 2.17 bits per heavy atom. The molecule has 0 spiro atoms. The van der Waals surface area contributed by atoms with E-state index in [0.717, 1.165) is 35.1 Å². The summed E-state index contributed by atoms with van der Waals surface area (Å²) in [6, 6.07) is 5.76. The zero-order chi connectivity index (χ0) is 13.5. The van der Waals surface area contributed by atoms with Crippen molar-refractivity contribution in [1.82, 2.24) is 5.32 Å². The first-order valence-corrected chi connectivity index (χ1v) is 7.14. The molecule has 0 aliphatic heterocycles. The maximum atomic E-state index is 11.8. The van der Waals surface area contributed by atoms with Crippen LogP contribution in [0.1, 0.15) is 32.3 Å². The number of halogens is 1. The third-order valence-electron chi connectivity index (χ3n) is 2.76. The minimum atomic E-state index is -0.220. The molecule has 0 aromatic heterocycles. The molecule has 1 rings (SSSR count). The van der Waals surface area contributed by atoms with E-state index in [1.807, 2.05) is 32.0 Å². The largest absolute Gasteiger partial charge is 0.374 e. The average molecular weight is 313 g/mol. The lowest BCUT2D eigenvalue weighted by molar-refractivity contribution is -0.121. The van der Waals surface area contributed by atoms with Crippen molar-refractivity contribution in [3.63, 3.8) is 0 Å². The highest BCUT2D eigenvalue weighted by Crippen LogP contribution is 2.20. The van der Waals surface area contributed by atoms with Crippen LogP contribution in [0.3, 0.4) is 0 Å². The maximum absolute atomic E-state index is 11.8. The van der Waals surface area contributed by atoms with Gasteiger partial charge in [-0.1, -0.05) is 29.3 Å². The van der Waals surface area contributed by atoms with Gasteiger partial charge >= 0.3 is 0 Å². The highest BCUT2D eigenvalue weighted by Gasteiger charge is 2.11. The number of carbonyl (C=O) groups is 1. The van der Waals surface area contributed by atoms with Crippen LogP contribution in [-0.2, 0) is 4.79 Å². The molecule has 1 aromatic rings. The summed E-state index contributed by atoms with van der Waals surface area (Å²) in [4.78, 5) is 11.8. The first-order chi connectivity index (χ1) is 8.54. The molecule has 0 radical (unpaired) electrons. The first-order valence-electron chi connectivity index (χ1n) is 6.35. The SMILES string of the molecule is CCCCNC(=O)C(C)Nc1ccc(Br)c(C)c1. The van der Waals surface area contributed by atoms with Gasteiger partial charge in [-0.15, -0.1) is 0 Å². The second kappa shape index (κ2) is 7.41. The predicted octanol–water partition coefficient (Wildman–Crippen LogP) is 3.47.